The number of para-hydroxylation sites is 1. The molecule has 0 bridgehead atoms. The van der Waals surface area contributed by atoms with Crippen molar-refractivity contribution in [2.24, 2.45) is 0 Å². The van der Waals surface area contributed by atoms with Crippen molar-refractivity contribution in [1.82, 2.24) is 10.2 Å². The Morgan fingerprint density at radius 1 is 1.41 bits per heavy atom. The number of anilines is 1. The maximum atomic E-state index is 11.8. The van der Waals surface area contributed by atoms with E-state index in [1.54, 1.807) is 12.1 Å². The zero-order valence-electron chi connectivity index (χ0n) is 10.7. The van der Waals surface area contributed by atoms with Crippen LogP contribution in [0.15, 0.2) is 24.3 Å². The molecule has 0 radical (unpaired) electrons. The highest BCUT2D eigenvalue weighted by Crippen LogP contribution is 2.09. The van der Waals surface area contributed by atoms with Crippen LogP contribution in [-0.4, -0.2) is 37.0 Å². The lowest BCUT2D eigenvalue weighted by molar-refractivity contribution is 0.0949. The van der Waals surface area contributed by atoms with Crippen LogP contribution in [0.4, 0.5) is 5.69 Å². The fourth-order valence-electron chi connectivity index (χ4n) is 1.40. The molecule has 0 unspecified atom stereocenters. The number of carbonyl (C=O) groups excluding carboxylic acids is 1. The maximum Gasteiger partial charge on any atom is 0.253 e. The minimum atomic E-state index is -0.111. The molecule has 4 heteroatoms. The fourth-order valence-corrected chi connectivity index (χ4v) is 1.40. The number of amides is 1. The van der Waals surface area contributed by atoms with E-state index in [4.69, 9.17) is 5.73 Å². The molecule has 1 amide bonds. The van der Waals surface area contributed by atoms with Gasteiger partial charge in [-0.25, -0.2) is 0 Å². The Balaban J connectivity index is 2.43. The molecule has 0 saturated carbocycles. The van der Waals surface area contributed by atoms with Gasteiger partial charge in [0.05, 0.1) is 5.56 Å². The van der Waals surface area contributed by atoms with Gasteiger partial charge in [0.1, 0.15) is 0 Å². The second-order valence-electron chi connectivity index (χ2n) is 4.42. The van der Waals surface area contributed by atoms with Gasteiger partial charge < -0.3 is 16.0 Å². The van der Waals surface area contributed by atoms with Gasteiger partial charge in [0.2, 0.25) is 0 Å². The minimum Gasteiger partial charge on any atom is -0.398 e. The van der Waals surface area contributed by atoms with Crippen LogP contribution in [0.5, 0.6) is 0 Å². The number of likely N-dealkylation sites (N-methyl/N-ethyl adjacent to an activating group) is 1. The third kappa shape index (κ3) is 4.07. The molecule has 0 spiro atoms. The molecule has 1 aromatic rings. The molecular formula is C13H21N3O. The zero-order valence-corrected chi connectivity index (χ0v) is 10.7. The van der Waals surface area contributed by atoms with Crippen molar-refractivity contribution < 1.29 is 4.79 Å². The summed E-state index contributed by atoms with van der Waals surface area (Å²) in [6.45, 7) is 5.70. The quantitative estimate of drug-likeness (QED) is 0.757. The summed E-state index contributed by atoms with van der Waals surface area (Å²) in [6, 6.07) is 7.57. The molecule has 0 fully saturated rings. The monoisotopic (exact) mass is 235 g/mol. The van der Waals surface area contributed by atoms with Gasteiger partial charge in [-0.05, 0) is 33.0 Å². The summed E-state index contributed by atoms with van der Waals surface area (Å²) in [5, 5.41) is 2.86. The van der Waals surface area contributed by atoms with Crippen LogP contribution in [0.2, 0.25) is 0 Å². The van der Waals surface area contributed by atoms with Gasteiger partial charge in [0, 0.05) is 24.8 Å². The summed E-state index contributed by atoms with van der Waals surface area (Å²) in [4.78, 5) is 14.0. The normalized spacial score (nSPS) is 10.9. The van der Waals surface area contributed by atoms with Crippen molar-refractivity contribution in [1.29, 1.82) is 0 Å². The van der Waals surface area contributed by atoms with Gasteiger partial charge in [0.15, 0.2) is 0 Å². The number of nitrogens with two attached hydrogens (primary N) is 1. The van der Waals surface area contributed by atoms with Crippen LogP contribution in [0.1, 0.15) is 24.2 Å². The summed E-state index contributed by atoms with van der Waals surface area (Å²) in [5.74, 6) is -0.111. The minimum absolute atomic E-state index is 0.111. The number of hydrogen-bond acceptors (Lipinski definition) is 3. The molecule has 1 aromatic carbocycles. The Morgan fingerprint density at radius 2 is 2.06 bits per heavy atom. The topological polar surface area (TPSA) is 58.4 Å². The van der Waals surface area contributed by atoms with Crippen LogP contribution in [-0.2, 0) is 0 Å². The number of nitrogens with zero attached hydrogens (tertiary/aromatic N) is 1. The first-order valence-corrected chi connectivity index (χ1v) is 5.85. The van der Waals surface area contributed by atoms with E-state index in [-0.39, 0.29) is 5.91 Å². The molecule has 0 saturated heterocycles. The third-order valence-electron chi connectivity index (χ3n) is 2.84. The van der Waals surface area contributed by atoms with Gasteiger partial charge in [-0.1, -0.05) is 12.1 Å². The number of hydrogen-bond donors (Lipinski definition) is 2. The molecule has 94 valence electrons. The van der Waals surface area contributed by atoms with E-state index in [0.29, 0.717) is 23.8 Å². The Kier molecular flexibility index (Phi) is 4.97. The molecule has 3 N–H and O–H groups in total. The average Bonchev–Trinajstić information content (AvgIpc) is 2.29. The lowest BCUT2D eigenvalue weighted by Crippen LogP contribution is -2.36. The average molecular weight is 235 g/mol. The summed E-state index contributed by atoms with van der Waals surface area (Å²) in [5.41, 5.74) is 6.79. The number of nitrogen functional groups attached to an aromatic ring is 1. The van der Waals surface area contributed by atoms with Gasteiger partial charge in [-0.3, -0.25) is 4.79 Å². The summed E-state index contributed by atoms with van der Waals surface area (Å²) in [7, 11) is 2.04. The number of rotatable bonds is 5. The Labute approximate surface area is 103 Å². The molecule has 0 atom stereocenters. The number of carbonyl (C=O) groups is 1. The SMILES string of the molecule is CC(C)N(C)CCNC(=O)c1ccccc1N. The molecule has 0 heterocycles. The van der Waals surface area contributed by atoms with E-state index in [9.17, 15) is 4.79 Å². The van der Waals surface area contributed by atoms with E-state index in [1.807, 2.05) is 19.2 Å². The molecule has 0 aliphatic carbocycles. The van der Waals surface area contributed by atoms with Crippen LogP contribution < -0.4 is 11.1 Å². The third-order valence-corrected chi connectivity index (χ3v) is 2.84. The Morgan fingerprint density at radius 3 is 2.65 bits per heavy atom. The first-order chi connectivity index (χ1) is 8.02. The van der Waals surface area contributed by atoms with E-state index in [1.165, 1.54) is 0 Å². The highest BCUT2D eigenvalue weighted by molar-refractivity contribution is 5.99. The Hall–Kier alpha value is -1.55. The standard InChI is InChI=1S/C13H21N3O/c1-10(2)16(3)9-8-15-13(17)11-6-4-5-7-12(11)14/h4-7,10H,8-9,14H2,1-3H3,(H,15,17). The smallest absolute Gasteiger partial charge is 0.253 e. The lowest BCUT2D eigenvalue weighted by Gasteiger charge is -2.20. The fraction of sp³-hybridized carbons (Fsp3) is 0.462. The summed E-state index contributed by atoms with van der Waals surface area (Å²) in [6.07, 6.45) is 0. The second kappa shape index (κ2) is 6.25. The van der Waals surface area contributed by atoms with Crippen molar-refractivity contribution >= 4 is 11.6 Å². The van der Waals surface area contributed by atoms with Crippen molar-refractivity contribution in [3.05, 3.63) is 29.8 Å². The lowest BCUT2D eigenvalue weighted by atomic mass is 10.1. The van der Waals surface area contributed by atoms with Gasteiger partial charge >= 0.3 is 0 Å². The van der Waals surface area contributed by atoms with Crippen LogP contribution in [0.3, 0.4) is 0 Å². The number of nitrogens with one attached hydrogen (secondary N) is 1. The van der Waals surface area contributed by atoms with Crippen molar-refractivity contribution in [2.75, 3.05) is 25.9 Å². The largest absolute Gasteiger partial charge is 0.398 e. The van der Waals surface area contributed by atoms with E-state index >= 15 is 0 Å². The predicted octanol–water partition coefficient (Wildman–Crippen LogP) is 1.34. The zero-order chi connectivity index (χ0) is 12.8. The maximum absolute atomic E-state index is 11.8. The first-order valence-electron chi connectivity index (χ1n) is 5.85. The van der Waals surface area contributed by atoms with Crippen molar-refractivity contribution in [3.8, 4) is 0 Å². The van der Waals surface area contributed by atoms with Crippen LogP contribution in [0.25, 0.3) is 0 Å². The molecule has 0 aromatic heterocycles. The molecule has 0 aliphatic heterocycles. The van der Waals surface area contributed by atoms with E-state index in [2.05, 4.69) is 24.1 Å². The molecule has 1 rings (SSSR count). The molecule has 0 aliphatic rings. The van der Waals surface area contributed by atoms with Gasteiger partial charge in [0.25, 0.3) is 5.91 Å². The van der Waals surface area contributed by atoms with E-state index in [0.717, 1.165) is 6.54 Å². The highest BCUT2D eigenvalue weighted by Gasteiger charge is 2.08. The highest BCUT2D eigenvalue weighted by atomic mass is 16.1. The Bertz CT molecular complexity index is 377. The van der Waals surface area contributed by atoms with Crippen LogP contribution >= 0.6 is 0 Å². The van der Waals surface area contributed by atoms with E-state index < -0.39 is 0 Å². The second-order valence-corrected chi connectivity index (χ2v) is 4.42. The predicted molar refractivity (Wildman–Crippen MR) is 71.0 cm³/mol. The van der Waals surface area contributed by atoms with Gasteiger partial charge in [-0.2, -0.15) is 0 Å². The molecular weight excluding hydrogens is 214 g/mol. The van der Waals surface area contributed by atoms with Crippen LogP contribution in [0, 0.1) is 0 Å². The van der Waals surface area contributed by atoms with Crippen molar-refractivity contribution in [2.45, 2.75) is 19.9 Å². The van der Waals surface area contributed by atoms with Crippen molar-refractivity contribution in [3.63, 3.8) is 0 Å². The molecule has 17 heavy (non-hydrogen) atoms. The summed E-state index contributed by atoms with van der Waals surface area (Å²) >= 11 is 0. The van der Waals surface area contributed by atoms with Gasteiger partial charge in [-0.15, -0.1) is 0 Å². The number of benzene rings is 1. The first kappa shape index (κ1) is 13.5. The molecule has 4 nitrogen and oxygen atoms in total. The summed E-state index contributed by atoms with van der Waals surface area (Å²) < 4.78 is 0.